The van der Waals surface area contributed by atoms with E-state index in [1.165, 1.54) is 16.7 Å². The topological polar surface area (TPSA) is 49.0 Å². The molecular weight excluding hydrogens is 390 g/mol. The molecule has 0 radical (unpaired) electrons. The number of fused-ring (bicyclic) bond motifs is 1. The normalized spacial score (nSPS) is 15.1. The summed E-state index contributed by atoms with van der Waals surface area (Å²) >= 11 is 0. The summed E-state index contributed by atoms with van der Waals surface area (Å²) in [4.78, 5) is 0. The summed E-state index contributed by atoms with van der Waals surface area (Å²) in [7, 11) is 5.04. The van der Waals surface area contributed by atoms with Gasteiger partial charge >= 0.3 is 0 Å². The second kappa shape index (κ2) is 9.75. The molecule has 1 heterocycles. The van der Waals surface area contributed by atoms with Gasteiger partial charge in [-0.3, -0.25) is 0 Å². The van der Waals surface area contributed by atoms with Gasteiger partial charge < -0.3 is 24.3 Å². The lowest BCUT2D eigenvalue weighted by molar-refractivity contribution is 0.297. The Hall–Kier alpha value is -3.18. The molecule has 1 aliphatic rings. The minimum atomic E-state index is 0.0517. The van der Waals surface area contributed by atoms with E-state index in [4.69, 9.17) is 18.9 Å². The molecule has 0 aromatic heterocycles. The highest BCUT2D eigenvalue weighted by Gasteiger charge is 2.26. The fourth-order valence-electron chi connectivity index (χ4n) is 4.19. The van der Waals surface area contributed by atoms with Crippen molar-refractivity contribution in [2.24, 2.45) is 0 Å². The molecule has 1 aliphatic heterocycles. The maximum Gasteiger partial charge on any atom is 0.164 e. The zero-order valence-electron chi connectivity index (χ0n) is 18.3. The van der Waals surface area contributed by atoms with Crippen LogP contribution in [-0.4, -0.2) is 34.5 Å². The second-order valence-electron chi connectivity index (χ2n) is 7.50. The molecule has 1 unspecified atom stereocenters. The Labute approximate surface area is 183 Å². The molecule has 5 heteroatoms. The van der Waals surface area contributed by atoms with E-state index in [-0.39, 0.29) is 6.04 Å². The quantitative estimate of drug-likeness (QED) is 0.580. The van der Waals surface area contributed by atoms with E-state index in [1.807, 2.05) is 30.3 Å². The van der Waals surface area contributed by atoms with Crippen molar-refractivity contribution >= 4 is 0 Å². The summed E-state index contributed by atoms with van der Waals surface area (Å²) in [5.74, 6) is 3.08. The van der Waals surface area contributed by atoms with Crippen LogP contribution < -0.4 is 24.3 Å². The Bertz CT molecular complexity index is 1020. The van der Waals surface area contributed by atoms with Gasteiger partial charge in [-0.05, 0) is 41.3 Å². The van der Waals surface area contributed by atoms with Crippen molar-refractivity contribution in [1.82, 2.24) is 5.32 Å². The summed E-state index contributed by atoms with van der Waals surface area (Å²) in [5.41, 5.74) is 4.77. The van der Waals surface area contributed by atoms with E-state index < -0.39 is 0 Å². The van der Waals surface area contributed by atoms with Crippen molar-refractivity contribution in [1.29, 1.82) is 0 Å². The van der Waals surface area contributed by atoms with E-state index in [2.05, 4.69) is 35.6 Å². The van der Waals surface area contributed by atoms with Crippen LogP contribution in [0.2, 0.25) is 0 Å². The molecule has 0 saturated heterocycles. The van der Waals surface area contributed by atoms with Gasteiger partial charge in [0, 0.05) is 18.5 Å². The monoisotopic (exact) mass is 419 g/mol. The van der Waals surface area contributed by atoms with Crippen LogP contribution in [0.3, 0.4) is 0 Å². The first-order valence-electron chi connectivity index (χ1n) is 10.6. The molecule has 162 valence electrons. The van der Waals surface area contributed by atoms with Crippen molar-refractivity contribution < 1.29 is 18.9 Å². The van der Waals surface area contributed by atoms with Crippen LogP contribution in [0.15, 0.2) is 60.7 Å². The largest absolute Gasteiger partial charge is 0.493 e. The van der Waals surface area contributed by atoms with Crippen LogP contribution >= 0.6 is 0 Å². The summed E-state index contributed by atoms with van der Waals surface area (Å²) in [6.07, 6.45) is 1.74. The van der Waals surface area contributed by atoms with Crippen molar-refractivity contribution in [3.63, 3.8) is 0 Å². The summed E-state index contributed by atoms with van der Waals surface area (Å²) in [6, 6.07) is 20.6. The molecule has 4 rings (SSSR count). The van der Waals surface area contributed by atoms with Crippen LogP contribution in [0.5, 0.6) is 23.0 Å². The van der Waals surface area contributed by atoms with Gasteiger partial charge in [0.1, 0.15) is 0 Å². The molecule has 1 atom stereocenters. The lowest BCUT2D eigenvalue weighted by Gasteiger charge is -2.29. The number of ether oxygens (including phenoxy) is 4. The van der Waals surface area contributed by atoms with Crippen LogP contribution in [0.25, 0.3) is 0 Å². The fraction of sp³-hybridized carbons (Fsp3) is 0.308. The Morgan fingerprint density at radius 3 is 2.35 bits per heavy atom. The summed E-state index contributed by atoms with van der Waals surface area (Å²) < 4.78 is 22.8. The molecule has 5 nitrogen and oxygen atoms in total. The molecule has 0 bridgehead atoms. The van der Waals surface area contributed by atoms with Gasteiger partial charge in [0.15, 0.2) is 23.0 Å². The zero-order valence-corrected chi connectivity index (χ0v) is 18.3. The summed E-state index contributed by atoms with van der Waals surface area (Å²) in [5, 5.41) is 3.62. The number of rotatable bonds is 8. The molecule has 1 N–H and O–H groups in total. The molecule has 0 aliphatic carbocycles. The van der Waals surface area contributed by atoms with Gasteiger partial charge in [-0.25, -0.2) is 0 Å². The van der Waals surface area contributed by atoms with Crippen LogP contribution in [-0.2, 0) is 12.8 Å². The van der Waals surface area contributed by atoms with E-state index in [9.17, 15) is 0 Å². The Balaban J connectivity index is 1.56. The first-order chi connectivity index (χ1) is 15.2. The number of methoxy groups -OCH3 is 3. The van der Waals surface area contributed by atoms with Crippen molar-refractivity contribution in [3.8, 4) is 23.0 Å². The molecule has 0 saturated carbocycles. The van der Waals surface area contributed by atoms with Gasteiger partial charge in [0.2, 0.25) is 0 Å². The number of benzene rings is 3. The Morgan fingerprint density at radius 1 is 0.839 bits per heavy atom. The van der Waals surface area contributed by atoms with Gasteiger partial charge in [-0.15, -0.1) is 0 Å². The molecule has 0 fully saturated rings. The van der Waals surface area contributed by atoms with Gasteiger partial charge in [-0.2, -0.15) is 0 Å². The van der Waals surface area contributed by atoms with Crippen LogP contribution in [0, 0.1) is 0 Å². The minimum absolute atomic E-state index is 0.0517. The lowest BCUT2D eigenvalue weighted by atomic mass is 9.89. The number of hydrogen-bond acceptors (Lipinski definition) is 5. The first-order valence-corrected chi connectivity index (χ1v) is 10.6. The smallest absolute Gasteiger partial charge is 0.164 e. The third kappa shape index (κ3) is 4.47. The van der Waals surface area contributed by atoms with Crippen molar-refractivity contribution in [3.05, 3.63) is 82.9 Å². The van der Waals surface area contributed by atoms with E-state index in [0.29, 0.717) is 6.61 Å². The predicted octanol–water partition coefficient (Wildman–Crippen LogP) is 4.57. The highest BCUT2D eigenvalue weighted by atomic mass is 16.5. The third-order valence-electron chi connectivity index (χ3n) is 5.73. The molecule has 3 aromatic carbocycles. The van der Waals surface area contributed by atoms with Crippen LogP contribution in [0.4, 0.5) is 0 Å². The first kappa shape index (κ1) is 21.1. The van der Waals surface area contributed by atoms with E-state index in [1.54, 1.807) is 21.3 Å². The predicted molar refractivity (Wildman–Crippen MR) is 122 cm³/mol. The van der Waals surface area contributed by atoms with E-state index in [0.717, 1.165) is 47.9 Å². The number of nitrogens with one attached hydrogen (secondary N) is 1. The average molecular weight is 420 g/mol. The Kier molecular flexibility index (Phi) is 6.63. The van der Waals surface area contributed by atoms with Gasteiger partial charge in [-0.1, -0.05) is 42.5 Å². The number of hydrogen-bond donors (Lipinski definition) is 1. The molecule has 3 aromatic rings. The highest BCUT2D eigenvalue weighted by Crippen LogP contribution is 2.41. The SMILES string of the molecule is COc1cc(C2NCCc3c2ccc(OC)c3OC)ccc1OCCc1ccccc1. The van der Waals surface area contributed by atoms with Gasteiger partial charge in [0.05, 0.1) is 34.0 Å². The molecule has 31 heavy (non-hydrogen) atoms. The zero-order chi connectivity index (χ0) is 21.6. The highest BCUT2D eigenvalue weighted by molar-refractivity contribution is 5.55. The van der Waals surface area contributed by atoms with Crippen molar-refractivity contribution in [2.75, 3.05) is 34.5 Å². The van der Waals surface area contributed by atoms with Gasteiger partial charge in [0.25, 0.3) is 0 Å². The third-order valence-corrected chi connectivity index (χ3v) is 5.73. The molecule has 0 spiro atoms. The lowest BCUT2D eigenvalue weighted by Crippen LogP contribution is -2.31. The molecule has 0 amide bonds. The van der Waals surface area contributed by atoms with Crippen LogP contribution in [0.1, 0.15) is 28.3 Å². The second-order valence-corrected chi connectivity index (χ2v) is 7.50. The summed E-state index contributed by atoms with van der Waals surface area (Å²) in [6.45, 7) is 1.46. The molecular formula is C26H29NO4. The Morgan fingerprint density at radius 2 is 1.61 bits per heavy atom. The van der Waals surface area contributed by atoms with Crippen molar-refractivity contribution in [2.45, 2.75) is 18.9 Å². The fourth-order valence-corrected chi connectivity index (χ4v) is 4.19. The van der Waals surface area contributed by atoms with E-state index >= 15 is 0 Å². The standard InChI is InChI=1S/C26H29NO4/c1-28-23-12-10-20-21(26(23)30-3)13-15-27-25(20)19-9-11-22(24(17-19)29-2)31-16-14-18-7-5-4-6-8-18/h4-12,17,25,27H,13-16H2,1-3H3. The average Bonchev–Trinajstić information content (AvgIpc) is 2.83. The minimum Gasteiger partial charge on any atom is -0.493 e. The maximum absolute atomic E-state index is 6.03. The maximum atomic E-state index is 6.03.